The van der Waals surface area contributed by atoms with Crippen molar-refractivity contribution in [3.63, 3.8) is 0 Å². The Morgan fingerprint density at radius 2 is 2.26 bits per heavy atom. The first-order valence-corrected chi connectivity index (χ1v) is 7.42. The van der Waals surface area contributed by atoms with Crippen LogP contribution in [0.3, 0.4) is 0 Å². The molecule has 0 amide bonds. The number of nitrogens with two attached hydrogens (primary N) is 1. The number of aryl methyl sites for hydroxylation is 1. The Bertz CT molecular complexity index is 491. The predicted molar refractivity (Wildman–Crippen MR) is 81.1 cm³/mol. The van der Waals surface area contributed by atoms with Gasteiger partial charge in [0.15, 0.2) is 0 Å². The van der Waals surface area contributed by atoms with Gasteiger partial charge in [0.2, 0.25) is 0 Å². The molecule has 1 fully saturated rings. The van der Waals surface area contributed by atoms with Crippen LogP contribution in [0.5, 0.6) is 0 Å². The second kappa shape index (κ2) is 5.74. The molecule has 1 aliphatic rings. The smallest absolute Gasteiger partial charge is 0.340 e. The summed E-state index contributed by atoms with van der Waals surface area (Å²) in [6, 6.07) is 3.89. The van der Waals surface area contributed by atoms with Crippen LogP contribution in [0.15, 0.2) is 12.1 Å². The molecule has 1 saturated heterocycles. The lowest BCUT2D eigenvalue weighted by Crippen LogP contribution is -2.36. The summed E-state index contributed by atoms with van der Waals surface area (Å²) in [6.45, 7) is 6.14. The largest absolute Gasteiger partial charge is 0.465 e. The van der Waals surface area contributed by atoms with E-state index >= 15 is 0 Å². The fourth-order valence-electron chi connectivity index (χ4n) is 2.29. The number of rotatable bonds is 2. The van der Waals surface area contributed by atoms with Crippen LogP contribution in [0.25, 0.3) is 0 Å². The number of thioether (sulfide) groups is 1. The van der Waals surface area contributed by atoms with E-state index in [1.807, 2.05) is 30.8 Å². The topological polar surface area (TPSA) is 55.6 Å². The Balaban J connectivity index is 2.36. The van der Waals surface area contributed by atoms with Crippen molar-refractivity contribution in [3.05, 3.63) is 23.3 Å². The van der Waals surface area contributed by atoms with Crippen molar-refractivity contribution in [3.8, 4) is 0 Å². The molecule has 0 saturated carbocycles. The average Bonchev–Trinajstić information content (AvgIpc) is 2.40. The molecule has 2 rings (SSSR count). The first-order valence-electron chi connectivity index (χ1n) is 6.38. The molecule has 19 heavy (non-hydrogen) atoms. The molecule has 0 aliphatic carbocycles. The van der Waals surface area contributed by atoms with Crippen molar-refractivity contribution in [1.29, 1.82) is 0 Å². The molecule has 1 aromatic rings. The number of nitrogens with zero attached hydrogens (tertiary/aromatic N) is 1. The van der Waals surface area contributed by atoms with Crippen molar-refractivity contribution in [2.75, 3.05) is 36.6 Å². The average molecular weight is 280 g/mol. The van der Waals surface area contributed by atoms with Crippen molar-refractivity contribution in [2.45, 2.75) is 19.1 Å². The lowest BCUT2D eigenvalue weighted by molar-refractivity contribution is 0.0602. The zero-order valence-electron chi connectivity index (χ0n) is 11.6. The van der Waals surface area contributed by atoms with Crippen molar-refractivity contribution < 1.29 is 9.53 Å². The van der Waals surface area contributed by atoms with E-state index in [9.17, 15) is 4.79 Å². The van der Waals surface area contributed by atoms with Gasteiger partial charge in [-0.05, 0) is 24.6 Å². The minimum absolute atomic E-state index is 0.373. The maximum atomic E-state index is 11.8. The highest BCUT2D eigenvalue weighted by molar-refractivity contribution is 8.00. The van der Waals surface area contributed by atoms with Gasteiger partial charge in [0.25, 0.3) is 0 Å². The van der Waals surface area contributed by atoms with E-state index in [0.29, 0.717) is 16.5 Å². The molecule has 0 bridgehead atoms. The fraction of sp³-hybridized carbons (Fsp3) is 0.500. The third kappa shape index (κ3) is 2.97. The molecule has 1 heterocycles. The number of esters is 1. The molecule has 1 aliphatic heterocycles. The third-order valence-electron chi connectivity index (χ3n) is 3.38. The van der Waals surface area contributed by atoms with Crippen LogP contribution >= 0.6 is 11.8 Å². The van der Waals surface area contributed by atoms with Crippen LogP contribution < -0.4 is 10.6 Å². The monoisotopic (exact) mass is 280 g/mol. The maximum absolute atomic E-state index is 11.8. The second-order valence-electron chi connectivity index (χ2n) is 4.84. The van der Waals surface area contributed by atoms with Crippen LogP contribution in [0.2, 0.25) is 0 Å². The minimum Gasteiger partial charge on any atom is -0.465 e. The van der Waals surface area contributed by atoms with E-state index in [0.717, 1.165) is 30.1 Å². The standard InChI is InChI=1S/C14H20N2O2S/c1-9-6-11(16-4-5-19-10(2)8-16)7-12(13(9)15)14(17)18-3/h6-7,10H,4-5,8,15H2,1-3H3. The van der Waals surface area contributed by atoms with Crippen LogP contribution in [-0.2, 0) is 4.74 Å². The van der Waals surface area contributed by atoms with Gasteiger partial charge in [-0.25, -0.2) is 4.79 Å². The summed E-state index contributed by atoms with van der Waals surface area (Å²) in [4.78, 5) is 14.1. The Kier molecular flexibility index (Phi) is 4.24. The van der Waals surface area contributed by atoms with Gasteiger partial charge < -0.3 is 15.4 Å². The van der Waals surface area contributed by atoms with Gasteiger partial charge >= 0.3 is 5.97 Å². The molecule has 1 atom stereocenters. The number of anilines is 2. The van der Waals surface area contributed by atoms with Gasteiger partial charge in [0.1, 0.15) is 0 Å². The maximum Gasteiger partial charge on any atom is 0.340 e. The summed E-state index contributed by atoms with van der Waals surface area (Å²) in [6.07, 6.45) is 0. The number of carbonyl (C=O) groups is 1. The van der Waals surface area contributed by atoms with E-state index in [4.69, 9.17) is 10.5 Å². The molecule has 104 valence electrons. The quantitative estimate of drug-likeness (QED) is 0.665. The highest BCUT2D eigenvalue weighted by atomic mass is 32.2. The number of hydrogen-bond donors (Lipinski definition) is 1. The van der Waals surface area contributed by atoms with E-state index in [-0.39, 0.29) is 5.97 Å². The Morgan fingerprint density at radius 1 is 1.53 bits per heavy atom. The van der Waals surface area contributed by atoms with Crippen molar-refractivity contribution in [1.82, 2.24) is 0 Å². The van der Waals surface area contributed by atoms with Crippen LogP contribution in [0.1, 0.15) is 22.8 Å². The lowest BCUT2D eigenvalue weighted by atomic mass is 10.1. The highest BCUT2D eigenvalue weighted by Gasteiger charge is 2.20. The summed E-state index contributed by atoms with van der Waals surface area (Å²) in [5, 5.41) is 0.605. The van der Waals surface area contributed by atoms with Crippen LogP contribution in [-0.4, -0.2) is 37.2 Å². The third-order valence-corrected chi connectivity index (χ3v) is 4.52. The van der Waals surface area contributed by atoms with Gasteiger partial charge in [0.05, 0.1) is 12.7 Å². The van der Waals surface area contributed by atoms with Gasteiger partial charge in [-0.1, -0.05) is 6.92 Å². The van der Waals surface area contributed by atoms with Gasteiger partial charge in [-0.3, -0.25) is 0 Å². The molecule has 4 nitrogen and oxygen atoms in total. The molecule has 2 N–H and O–H groups in total. The molecule has 5 heteroatoms. The predicted octanol–water partition coefficient (Wildman–Crippen LogP) is 2.31. The van der Waals surface area contributed by atoms with Crippen LogP contribution in [0.4, 0.5) is 11.4 Å². The second-order valence-corrected chi connectivity index (χ2v) is 6.39. The van der Waals surface area contributed by atoms with Crippen molar-refractivity contribution in [2.24, 2.45) is 0 Å². The normalized spacial score (nSPS) is 19.3. The molecular formula is C14H20N2O2S. The molecular weight excluding hydrogens is 260 g/mol. The first-order chi connectivity index (χ1) is 9.02. The SMILES string of the molecule is COC(=O)c1cc(N2CCSC(C)C2)cc(C)c1N. The molecule has 1 aromatic carbocycles. The minimum atomic E-state index is -0.373. The van der Waals surface area contributed by atoms with E-state index in [2.05, 4.69) is 11.8 Å². The zero-order chi connectivity index (χ0) is 14.0. The summed E-state index contributed by atoms with van der Waals surface area (Å²) in [5.41, 5.74) is 8.91. The van der Waals surface area contributed by atoms with Gasteiger partial charge in [-0.2, -0.15) is 11.8 Å². The first kappa shape index (κ1) is 14.1. The van der Waals surface area contributed by atoms with Crippen molar-refractivity contribution >= 4 is 29.1 Å². The van der Waals surface area contributed by atoms with Gasteiger partial charge in [-0.15, -0.1) is 0 Å². The molecule has 1 unspecified atom stereocenters. The number of carbonyl (C=O) groups excluding carboxylic acids is 1. The Labute approximate surface area is 118 Å². The highest BCUT2D eigenvalue weighted by Crippen LogP contribution is 2.29. The summed E-state index contributed by atoms with van der Waals surface area (Å²) >= 11 is 1.98. The number of hydrogen-bond acceptors (Lipinski definition) is 5. The number of nitrogen functional groups attached to an aromatic ring is 1. The molecule has 0 aromatic heterocycles. The number of ether oxygens (including phenoxy) is 1. The summed E-state index contributed by atoms with van der Waals surface area (Å²) in [7, 11) is 1.38. The summed E-state index contributed by atoms with van der Waals surface area (Å²) < 4.78 is 4.79. The molecule has 0 radical (unpaired) electrons. The Hall–Kier alpha value is -1.36. The fourth-order valence-corrected chi connectivity index (χ4v) is 3.31. The van der Waals surface area contributed by atoms with E-state index < -0.39 is 0 Å². The van der Waals surface area contributed by atoms with E-state index in [1.54, 1.807) is 0 Å². The number of benzene rings is 1. The summed E-state index contributed by atoms with van der Waals surface area (Å²) in [5.74, 6) is 0.736. The molecule has 0 spiro atoms. The Morgan fingerprint density at radius 3 is 2.89 bits per heavy atom. The number of methoxy groups -OCH3 is 1. The lowest BCUT2D eigenvalue weighted by Gasteiger charge is -2.33. The van der Waals surface area contributed by atoms with E-state index in [1.165, 1.54) is 7.11 Å². The zero-order valence-corrected chi connectivity index (χ0v) is 12.4. The van der Waals surface area contributed by atoms with Gasteiger partial charge in [0, 0.05) is 35.5 Å². The van der Waals surface area contributed by atoms with Crippen LogP contribution in [0, 0.1) is 6.92 Å².